The van der Waals surface area contributed by atoms with Gasteiger partial charge < -0.3 is 0 Å². The molecule has 0 aliphatic heterocycles. The Morgan fingerprint density at radius 1 is 0.571 bits per heavy atom. The minimum atomic E-state index is 0. The van der Waals surface area contributed by atoms with Crippen LogP contribution in [0.2, 0.25) is 0 Å². The molecule has 0 saturated carbocycles. The number of benzene rings is 2. The van der Waals surface area contributed by atoms with Crippen LogP contribution in [0.1, 0.15) is 0 Å². The van der Waals surface area contributed by atoms with Gasteiger partial charge in [-0.2, -0.15) is 0 Å². The molecule has 0 aliphatic rings. The van der Waals surface area contributed by atoms with Crippen LogP contribution in [0.5, 0.6) is 0 Å². The Labute approximate surface area is 96.7 Å². The fraction of sp³-hybridized carbons (Fsp3) is 0. The molecule has 2 heteroatoms. The number of rotatable bonds is 2. The van der Waals surface area contributed by atoms with Gasteiger partial charge in [-0.15, -0.1) is 0 Å². The van der Waals surface area contributed by atoms with E-state index in [4.69, 9.17) is 0 Å². The summed E-state index contributed by atoms with van der Waals surface area (Å²) in [5.74, 6) is 0. The molecule has 0 aliphatic carbocycles. The first-order chi connectivity index (χ1) is 6.45. The third-order valence-corrected chi connectivity index (χ3v) is 3.08. The largest absolute Gasteiger partial charge is 0.0622 e. The van der Waals surface area contributed by atoms with Gasteiger partial charge in [-0.05, 0) is 10.6 Å². The van der Waals surface area contributed by atoms with Gasteiger partial charge in [0.1, 0.15) is 0 Å². The summed E-state index contributed by atoms with van der Waals surface area (Å²) in [7, 11) is 0.777. The average Bonchev–Trinajstić information content (AvgIpc) is 2.21. The molecule has 1 radical (unpaired) electrons. The molecule has 0 atom stereocenters. The van der Waals surface area contributed by atoms with Gasteiger partial charge in [0.05, 0.1) is 0 Å². The molecule has 0 unspecified atom stereocenters. The van der Waals surface area contributed by atoms with Crippen molar-refractivity contribution in [2.24, 2.45) is 0 Å². The Kier molecular flexibility index (Phi) is 4.89. The summed E-state index contributed by atoms with van der Waals surface area (Å²) < 4.78 is 0. The molecule has 0 N–H and O–H groups in total. The fourth-order valence-electron chi connectivity index (χ4n) is 1.21. The van der Waals surface area contributed by atoms with Crippen molar-refractivity contribution in [3.63, 3.8) is 0 Å². The van der Waals surface area contributed by atoms with Crippen LogP contribution in [0.15, 0.2) is 60.7 Å². The Morgan fingerprint density at radius 2 is 0.929 bits per heavy atom. The zero-order valence-electron chi connectivity index (χ0n) is 7.61. The molecule has 0 aromatic heterocycles. The first kappa shape index (κ1) is 11.5. The molecule has 2 aromatic rings. The maximum Gasteiger partial charge on any atom is 0 e. The Bertz CT molecular complexity index is 321. The average molecular weight is 245 g/mol. The molecule has 2 rings (SSSR count). The summed E-state index contributed by atoms with van der Waals surface area (Å²) in [5, 5.41) is 2.79. The van der Waals surface area contributed by atoms with Gasteiger partial charge in [0, 0.05) is 16.8 Å². The van der Waals surface area contributed by atoms with Crippen molar-refractivity contribution in [2.45, 2.75) is 0 Å². The van der Waals surface area contributed by atoms with Crippen LogP contribution in [0.25, 0.3) is 0 Å². The second-order valence-corrected chi connectivity index (χ2v) is 4.26. The summed E-state index contributed by atoms with van der Waals surface area (Å²) >= 11 is 0. The maximum absolute atomic E-state index is 2.17. The molecule has 0 fully saturated rings. The predicted molar refractivity (Wildman–Crippen MR) is 60.5 cm³/mol. The quantitative estimate of drug-likeness (QED) is 0.712. The van der Waals surface area contributed by atoms with E-state index in [9.17, 15) is 0 Å². The fourth-order valence-corrected chi connectivity index (χ4v) is 2.26. The van der Waals surface area contributed by atoms with E-state index < -0.39 is 0 Å². The summed E-state index contributed by atoms with van der Waals surface area (Å²) in [6, 6.07) is 21.2. The van der Waals surface area contributed by atoms with Crippen LogP contribution >= 0.6 is 8.58 Å². The molecule has 0 spiro atoms. The third kappa shape index (κ3) is 3.26. The van der Waals surface area contributed by atoms with Crippen LogP contribution < -0.4 is 10.6 Å². The summed E-state index contributed by atoms with van der Waals surface area (Å²) in [5.41, 5.74) is 0. The molecule has 0 heterocycles. The van der Waals surface area contributed by atoms with Gasteiger partial charge in [0.25, 0.3) is 0 Å². The van der Waals surface area contributed by atoms with Gasteiger partial charge in [-0.25, -0.2) is 0 Å². The number of hydrogen-bond acceptors (Lipinski definition) is 0. The van der Waals surface area contributed by atoms with E-state index >= 15 is 0 Å². The van der Waals surface area contributed by atoms with Gasteiger partial charge in [-0.1, -0.05) is 69.2 Å². The van der Waals surface area contributed by atoms with Gasteiger partial charge in [0.2, 0.25) is 0 Å². The smallest absolute Gasteiger partial charge is 0 e. The van der Waals surface area contributed by atoms with E-state index in [-0.39, 0.29) is 16.8 Å². The van der Waals surface area contributed by atoms with Crippen molar-refractivity contribution in [3.05, 3.63) is 60.7 Å². The van der Waals surface area contributed by atoms with Crippen LogP contribution in [-0.2, 0) is 16.8 Å². The van der Waals surface area contributed by atoms with Crippen molar-refractivity contribution < 1.29 is 16.8 Å². The Hall–Kier alpha value is -0.624. The molecule has 0 bridgehead atoms. The van der Waals surface area contributed by atoms with Gasteiger partial charge >= 0.3 is 0 Å². The van der Waals surface area contributed by atoms with Crippen molar-refractivity contribution in [1.29, 1.82) is 0 Å². The summed E-state index contributed by atoms with van der Waals surface area (Å²) in [4.78, 5) is 0. The topological polar surface area (TPSA) is 0 Å². The van der Waals surface area contributed by atoms with E-state index in [1.165, 1.54) is 10.6 Å². The van der Waals surface area contributed by atoms with E-state index in [0.29, 0.717) is 0 Å². The van der Waals surface area contributed by atoms with Crippen LogP contribution in [0.3, 0.4) is 0 Å². The normalized spacial score (nSPS) is 9.14. The number of hydrogen-bond donors (Lipinski definition) is 0. The SMILES string of the molecule is [Co].c1ccc(Pc2ccccc2)cc1. The summed E-state index contributed by atoms with van der Waals surface area (Å²) in [6.07, 6.45) is 0. The maximum atomic E-state index is 2.17. The zero-order valence-corrected chi connectivity index (χ0v) is 9.65. The van der Waals surface area contributed by atoms with Gasteiger partial charge in [-0.3, -0.25) is 0 Å². The van der Waals surface area contributed by atoms with Gasteiger partial charge in [0.15, 0.2) is 0 Å². The molecular weight excluding hydrogens is 234 g/mol. The van der Waals surface area contributed by atoms with E-state index in [0.717, 1.165) is 8.58 Å². The zero-order chi connectivity index (χ0) is 8.93. The minimum Gasteiger partial charge on any atom is -0.0622 e. The van der Waals surface area contributed by atoms with Crippen molar-refractivity contribution in [1.82, 2.24) is 0 Å². The van der Waals surface area contributed by atoms with Crippen molar-refractivity contribution >= 4 is 19.2 Å². The molecule has 14 heavy (non-hydrogen) atoms. The summed E-state index contributed by atoms with van der Waals surface area (Å²) in [6.45, 7) is 0. The Morgan fingerprint density at radius 3 is 1.29 bits per heavy atom. The van der Waals surface area contributed by atoms with E-state index in [1.807, 2.05) is 0 Å². The molecule has 2 aromatic carbocycles. The van der Waals surface area contributed by atoms with E-state index in [2.05, 4.69) is 60.7 Å². The predicted octanol–water partition coefficient (Wildman–Crippen LogP) is 2.31. The molecule has 73 valence electrons. The molecule has 0 saturated heterocycles. The first-order valence-electron chi connectivity index (χ1n) is 4.32. The first-order valence-corrected chi connectivity index (χ1v) is 5.32. The molecule has 0 amide bonds. The Balaban J connectivity index is 0.000000980. The van der Waals surface area contributed by atoms with Crippen LogP contribution in [0, 0.1) is 0 Å². The molecular formula is C12H11CoP. The van der Waals surface area contributed by atoms with Crippen molar-refractivity contribution in [2.75, 3.05) is 0 Å². The minimum absolute atomic E-state index is 0. The third-order valence-electron chi connectivity index (χ3n) is 1.84. The van der Waals surface area contributed by atoms with Crippen molar-refractivity contribution in [3.8, 4) is 0 Å². The van der Waals surface area contributed by atoms with Crippen LogP contribution in [-0.4, -0.2) is 0 Å². The second-order valence-electron chi connectivity index (χ2n) is 2.86. The molecule has 0 nitrogen and oxygen atoms in total. The standard InChI is InChI=1S/C12H11P.Co/c1-3-7-11(8-4-1)13-12-9-5-2-6-10-12;/h1-10,13H;. The van der Waals surface area contributed by atoms with E-state index in [1.54, 1.807) is 0 Å². The second kappa shape index (κ2) is 5.97. The van der Waals surface area contributed by atoms with Crippen LogP contribution in [0.4, 0.5) is 0 Å². The monoisotopic (exact) mass is 245 g/mol.